The SMILES string of the molecule is COC(C)CCOC(=O)CC(C)C. The van der Waals surface area contributed by atoms with Crippen molar-refractivity contribution in [3.63, 3.8) is 0 Å². The Hall–Kier alpha value is -0.570. The number of hydrogen-bond acceptors (Lipinski definition) is 3. The molecule has 0 bridgehead atoms. The fourth-order valence-corrected chi connectivity index (χ4v) is 0.849. The van der Waals surface area contributed by atoms with Crippen LogP contribution in [0.5, 0.6) is 0 Å². The third-order valence-corrected chi connectivity index (χ3v) is 1.76. The largest absolute Gasteiger partial charge is 0.466 e. The minimum atomic E-state index is -0.113. The molecule has 0 spiro atoms. The quantitative estimate of drug-likeness (QED) is 0.598. The molecule has 0 saturated heterocycles. The Balaban J connectivity index is 3.37. The van der Waals surface area contributed by atoms with Crippen molar-refractivity contribution in [1.29, 1.82) is 0 Å². The molecule has 0 fully saturated rings. The Bertz CT molecular complexity index is 143. The van der Waals surface area contributed by atoms with Crippen molar-refractivity contribution in [3.8, 4) is 0 Å². The van der Waals surface area contributed by atoms with Crippen LogP contribution in [0.1, 0.15) is 33.6 Å². The van der Waals surface area contributed by atoms with Gasteiger partial charge in [-0.25, -0.2) is 0 Å². The monoisotopic (exact) mass is 188 g/mol. The van der Waals surface area contributed by atoms with Gasteiger partial charge in [-0.05, 0) is 12.8 Å². The van der Waals surface area contributed by atoms with Gasteiger partial charge >= 0.3 is 5.97 Å². The van der Waals surface area contributed by atoms with Crippen LogP contribution in [-0.2, 0) is 14.3 Å². The van der Waals surface area contributed by atoms with Gasteiger partial charge in [-0.1, -0.05) is 13.8 Å². The fourth-order valence-electron chi connectivity index (χ4n) is 0.849. The van der Waals surface area contributed by atoms with Gasteiger partial charge in [0.05, 0.1) is 12.7 Å². The van der Waals surface area contributed by atoms with E-state index in [0.717, 1.165) is 6.42 Å². The first-order valence-corrected chi connectivity index (χ1v) is 4.74. The lowest BCUT2D eigenvalue weighted by atomic mass is 10.1. The Morgan fingerprint density at radius 2 is 1.92 bits per heavy atom. The van der Waals surface area contributed by atoms with Crippen LogP contribution in [0.4, 0.5) is 0 Å². The van der Waals surface area contributed by atoms with E-state index in [2.05, 4.69) is 0 Å². The van der Waals surface area contributed by atoms with Crippen LogP contribution in [0.3, 0.4) is 0 Å². The molecule has 0 radical (unpaired) electrons. The summed E-state index contributed by atoms with van der Waals surface area (Å²) in [5, 5.41) is 0. The first-order valence-electron chi connectivity index (χ1n) is 4.74. The van der Waals surface area contributed by atoms with Gasteiger partial charge in [0.2, 0.25) is 0 Å². The number of carbonyl (C=O) groups is 1. The molecule has 0 saturated carbocycles. The highest BCUT2D eigenvalue weighted by atomic mass is 16.5. The summed E-state index contributed by atoms with van der Waals surface area (Å²) in [6.45, 7) is 6.41. The molecule has 0 rings (SSSR count). The van der Waals surface area contributed by atoms with Crippen LogP contribution in [0.25, 0.3) is 0 Å². The highest BCUT2D eigenvalue weighted by Crippen LogP contribution is 2.02. The van der Waals surface area contributed by atoms with Crippen molar-refractivity contribution in [2.75, 3.05) is 13.7 Å². The first-order chi connectivity index (χ1) is 6.06. The van der Waals surface area contributed by atoms with Crippen molar-refractivity contribution in [2.24, 2.45) is 5.92 Å². The maximum absolute atomic E-state index is 11.1. The van der Waals surface area contributed by atoms with Crippen LogP contribution in [0, 0.1) is 5.92 Å². The molecular formula is C10H20O3. The molecule has 0 heterocycles. The van der Waals surface area contributed by atoms with E-state index in [1.54, 1.807) is 7.11 Å². The zero-order valence-electron chi connectivity index (χ0n) is 9.00. The average molecular weight is 188 g/mol. The molecule has 0 aliphatic carbocycles. The van der Waals surface area contributed by atoms with Crippen molar-refractivity contribution in [3.05, 3.63) is 0 Å². The zero-order valence-corrected chi connectivity index (χ0v) is 9.00. The molecule has 78 valence electrons. The molecule has 1 unspecified atom stereocenters. The molecule has 0 N–H and O–H groups in total. The van der Waals surface area contributed by atoms with Crippen molar-refractivity contribution in [1.82, 2.24) is 0 Å². The van der Waals surface area contributed by atoms with E-state index >= 15 is 0 Å². The van der Waals surface area contributed by atoms with Crippen molar-refractivity contribution in [2.45, 2.75) is 39.7 Å². The van der Waals surface area contributed by atoms with Crippen LogP contribution in [-0.4, -0.2) is 25.8 Å². The number of methoxy groups -OCH3 is 1. The second-order valence-corrected chi connectivity index (χ2v) is 3.65. The van der Waals surface area contributed by atoms with E-state index in [1.165, 1.54) is 0 Å². The number of ether oxygens (including phenoxy) is 2. The molecule has 0 aromatic rings. The number of rotatable bonds is 6. The molecule has 0 aromatic heterocycles. The minimum absolute atomic E-state index is 0.113. The van der Waals surface area contributed by atoms with E-state index in [4.69, 9.17) is 9.47 Å². The first kappa shape index (κ1) is 12.4. The summed E-state index contributed by atoms with van der Waals surface area (Å²) in [5.41, 5.74) is 0. The molecule has 13 heavy (non-hydrogen) atoms. The summed E-state index contributed by atoms with van der Waals surface area (Å²) in [6.07, 6.45) is 1.42. The third-order valence-electron chi connectivity index (χ3n) is 1.76. The van der Waals surface area contributed by atoms with E-state index in [9.17, 15) is 4.79 Å². The molecule has 1 atom stereocenters. The smallest absolute Gasteiger partial charge is 0.306 e. The van der Waals surface area contributed by atoms with Gasteiger partial charge in [-0.15, -0.1) is 0 Å². The summed E-state index contributed by atoms with van der Waals surface area (Å²) in [4.78, 5) is 11.1. The van der Waals surface area contributed by atoms with Crippen LogP contribution < -0.4 is 0 Å². The summed E-state index contributed by atoms with van der Waals surface area (Å²) in [7, 11) is 1.65. The van der Waals surface area contributed by atoms with Gasteiger partial charge in [0, 0.05) is 20.0 Å². The maximum Gasteiger partial charge on any atom is 0.306 e. The van der Waals surface area contributed by atoms with Gasteiger partial charge in [-0.2, -0.15) is 0 Å². The highest BCUT2D eigenvalue weighted by Gasteiger charge is 2.06. The van der Waals surface area contributed by atoms with E-state index in [1.807, 2.05) is 20.8 Å². The lowest BCUT2D eigenvalue weighted by Crippen LogP contribution is -2.13. The molecule has 3 heteroatoms. The Morgan fingerprint density at radius 1 is 1.31 bits per heavy atom. The lowest BCUT2D eigenvalue weighted by Gasteiger charge is -2.10. The van der Waals surface area contributed by atoms with Gasteiger partial charge < -0.3 is 9.47 Å². The van der Waals surface area contributed by atoms with Gasteiger partial charge in [0.25, 0.3) is 0 Å². The molecule has 0 aliphatic rings. The Labute approximate surface area is 80.4 Å². The second kappa shape index (κ2) is 6.89. The molecule has 3 nitrogen and oxygen atoms in total. The van der Waals surface area contributed by atoms with Crippen LogP contribution in [0.15, 0.2) is 0 Å². The predicted molar refractivity (Wildman–Crippen MR) is 51.5 cm³/mol. The summed E-state index contributed by atoms with van der Waals surface area (Å²) in [5.74, 6) is 0.255. The van der Waals surface area contributed by atoms with E-state index in [-0.39, 0.29) is 12.1 Å². The van der Waals surface area contributed by atoms with Crippen molar-refractivity contribution < 1.29 is 14.3 Å². The average Bonchev–Trinajstić information content (AvgIpc) is 2.02. The fraction of sp³-hybridized carbons (Fsp3) is 0.900. The maximum atomic E-state index is 11.1. The van der Waals surface area contributed by atoms with Crippen molar-refractivity contribution >= 4 is 5.97 Å². The topological polar surface area (TPSA) is 35.5 Å². The van der Waals surface area contributed by atoms with Crippen LogP contribution >= 0.6 is 0 Å². The number of carbonyl (C=O) groups excluding carboxylic acids is 1. The van der Waals surface area contributed by atoms with Gasteiger partial charge in [0.1, 0.15) is 0 Å². The Morgan fingerprint density at radius 3 is 2.38 bits per heavy atom. The highest BCUT2D eigenvalue weighted by molar-refractivity contribution is 5.69. The summed E-state index contributed by atoms with van der Waals surface area (Å²) < 4.78 is 10.0. The molecule has 0 aliphatic heterocycles. The molecular weight excluding hydrogens is 168 g/mol. The van der Waals surface area contributed by atoms with Gasteiger partial charge in [-0.3, -0.25) is 4.79 Å². The van der Waals surface area contributed by atoms with Crippen LogP contribution in [0.2, 0.25) is 0 Å². The van der Waals surface area contributed by atoms with E-state index in [0.29, 0.717) is 18.9 Å². The number of esters is 1. The Kier molecular flexibility index (Phi) is 6.59. The second-order valence-electron chi connectivity index (χ2n) is 3.65. The van der Waals surface area contributed by atoms with E-state index < -0.39 is 0 Å². The summed E-state index contributed by atoms with van der Waals surface area (Å²) >= 11 is 0. The normalized spacial score (nSPS) is 13.0. The predicted octanol–water partition coefficient (Wildman–Crippen LogP) is 2.00. The molecule has 0 aromatic carbocycles. The molecule has 0 amide bonds. The summed E-state index contributed by atoms with van der Waals surface area (Å²) in [6, 6.07) is 0. The van der Waals surface area contributed by atoms with Gasteiger partial charge in [0.15, 0.2) is 0 Å². The number of hydrogen-bond donors (Lipinski definition) is 0. The lowest BCUT2D eigenvalue weighted by molar-refractivity contribution is -0.145. The zero-order chi connectivity index (χ0) is 10.3. The standard InChI is InChI=1S/C10H20O3/c1-8(2)7-10(11)13-6-5-9(3)12-4/h8-9H,5-7H2,1-4H3. The minimum Gasteiger partial charge on any atom is -0.466 e. The third kappa shape index (κ3) is 7.78.